The predicted octanol–water partition coefficient (Wildman–Crippen LogP) is 2.93. The van der Waals surface area contributed by atoms with Crippen LogP contribution in [0.3, 0.4) is 0 Å². The van der Waals surface area contributed by atoms with E-state index in [1.165, 1.54) is 0 Å². The normalized spacial score (nSPS) is 16.5. The van der Waals surface area contributed by atoms with Crippen molar-refractivity contribution in [2.45, 2.75) is 27.2 Å². The third-order valence-electron chi connectivity index (χ3n) is 4.33. The van der Waals surface area contributed by atoms with Crippen molar-refractivity contribution in [1.29, 1.82) is 0 Å². The molecule has 0 spiro atoms. The fraction of sp³-hybridized carbons (Fsp3) is 0.368. The Hall–Kier alpha value is -2.74. The standard InChI is InChI=1S/C19H21N3O4S/c1-4-26-18(25)16-12(3)20-19(27-16)21-17(24)13-9-15(23)22(10-13)14-7-5-11(2)6-8-14/h5-8,13H,4,9-10H2,1-3H3,(H,20,21,24)/t13-/m0/s1. The van der Waals surface area contributed by atoms with E-state index in [1.807, 2.05) is 31.2 Å². The number of amides is 2. The number of nitrogens with one attached hydrogen (secondary N) is 1. The van der Waals surface area contributed by atoms with Gasteiger partial charge in [0.1, 0.15) is 4.88 Å². The van der Waals surface area contributed by atoms with Crippen LogP contribution in [0.4, 0.5) is 10.8 Å². The van der Waals surface area contributed by atoms with Gasteiger partial charge in [0.05, 0.1) is 18.2 Å². The van der Waals surface area contributed by atoms with Crippen LogP contribution >= 0.6 is 11.3 Å². The first-order valence-electron chi connectivity index (χ1n) is 8.71. The summed E-state index contributed by atoms with van der Waals surface area (Å²) in [4.78, 5) is 43.0. The molecule has 1 saturated heterocycles. The van der Waals surface area contributed by atoms with Gasteiger partial charge in [0.15, 0.2) is 5.13 Å². The summed E-state index contributed by atoms with van der Waals surface area (Å²) in [6.45, 7) is 6.00. The van der Waals surface area contributed by atoms with Crippen molar-refractivity contribution in [1.82, 2.24) is 4.98 Å². The second kappa shape index (κ2) is 7.87. The number of carbonyl (C=O) groups is 3. The summed E-state index contributed by atoms with van der Waals surface area (Å²) in [6, 6.07) is 7.63. The molecule has 1 N–H and O–H groups in total. The molecule has 27 heavy (non-hydrogen) atoms. The molecular formula is C19H21N3O4S. The van der Waals surface area contributed by atoms with E-state index in [-0.39, 0.29) is 24.8 Å². The summed E-state index contributed by atoms with van der Waals surface area (Å²) in [5, 5.41) is 3.06. The Bertz CT molecular complexity index is 876. The lowest BCUT2D eigenvalue weighted by molar-refractivity contribution is -0.122. The van der Waals surface area contributed by atoms with Gasteiger partial charge in [0, 0.05) is 18.7 Å². The topological polar surface area (TPSA) is 88.6 Å². The van der Waals surface area contributed by atoms with Crippen molar-refractivity contribution in [3.8, 4) is 0 Å². The highest BCUT2D eigenvalue weighted by Gasteiger charge is 2.35. The molecule has 7 nitrogen and oxygen atoms in total. The third-order valence-corrected chi connectivity index (χ3v) is 5.38. The fourth-order valence-electron chi connectivity index (χ4n) is 2.90. The number of nitrogens with zero attached hydrogens (tertiary/aromatic N) is 2. The maximum absolute atomic E-state index is 12.6. The van der Waals surface area contributed by atoms with Gasteiger partial charge >= 0.3 is 5.97 Å². The SMILES string of the molecule is CCOC(=O)c1sc(NC(=O)[C@H]2CC(=O)N(c3ccc(C)cc3)C2)nc1C. The van der Waals surface area contributed by atoms with Crippen molar-refractivity contribution in [3.05, 3.63) is 40.4 Å². The number of rotatable bonds is 5. The quantitative estimate of drug-likeness (QED) is 0.797. The number of esters is 1. The van der Waals surface area contributed by atoms with E-state index in [9.17, 15) is 14.4 Å². The Morgan fingerprint density at radius 1 is 1.30 bits per heavy atom. The van der Waals surface area contributed by atoms with Gasteiger partial charge in [-0.1, -0.05) is 29.0 Å². The Labute approximate surface area is 161 Å². The Morgan fingerprint density at radius 3 is 2.67 bits per heavy atom. The molecule has 1 atom stereocenters. The molecule has 3 rings (SSSR count). The van der Waals surface area contributed by atoms with Crippen LogP contribution in [0, 0.1) is 19.8 Å². The summed E-state index contributed by atoms with van der Waals surface area (Å²) >= 11 is 1.08. The minimum Gasteiger partial charge on any atom is -0.462 e. The zero-order valence-electron chi connectivity index (χ0n) is 15.4. The highest BCUT2D eigenvalue weighted by atomic mass is 32.1. The molecule has 8 heteroatoms. The van der Waals surface area contributed by atoms with E-state index in [4.69, 9.17) is 4.74 Å². The maximum atomic E-state index is 12.6. The van der Waals surface area contributed by atoms with Gasteiger partial charge in [-0.15, -0.1) is 0 Å². The number of anilines is 2. The second-order valence-electron chi connectivity index (χ2n) is 6.38. The molecule has 1 aromatic carbocycles. The number of hydrogen-bond donors (Lipinski definition) is 1. The van der Waals surface area contributed by atoms with Gasteiger partial charge in [-0.3, -0.25) is 9.59 Å². The van der Waals surface area contributed by atoms with E-state index in [0.717, 1.165) is 22.6 Å². The molecule has 0 saturated carbocycles. The van der Waals surface area contributed by atoms with Crippen LogP contribution in [0.5, 0.6) is 0 Å². The van der Waals surface area contributed by atoms with Crippen LogP contribution in [0.15, 0.2) is 24.3 Å². The summed E-state index contributed by atoms with van der Waals surface area (Å²) in [7, 11) is 0. The number of aromatic nitrogens is 1. The van der Waals surface area contributed by atoms with Crippen molar-refractivity contribution >= 4 is 39.9 Å². The summed E-state index contributed by atoms with van der Waals surface area (Å²) in [6.07, 6.45) is 0.148. The van der Waals surface area contributed by atoms with Gasteiger partial charge < -0.3 is 15.0 Å². The van der Waals surface area contributed by atoms with E-state index >= 15 is 0 Å². The zero-order chi connectivity index (χ0) is 19.6. The summed E-state index contributed by atoms with van der Waals surface area (Å²) in [5.41, 5.74) is 2.41. The molecule has 1 aliphatic heterocycles. The minimum atomic E-state index is -0.464. The van der Waals surface area contributed by atoms with Crippen LogP contribution in [0.25, 0.3) is 0 Å². The summed E-state index contributed by atoms with van der Waals surface area (Å²) < 4.78 is 4.98. The number of hydrogen-bond acceptors (Lipinski definition) is 6. The Balaban J connectivity index is 1.67. The first kappa shape index (κ1) is 19.0. The Kier molecular flexibility index (Phi) is 5.55. The van der Waals surface area contributed by atoms with Crippen LogP contribution < -0.4 is 10.2 Å². The minimum absolute atomic E-state index is 0.0819. The molecular weight excluding hydrogens is 366 g/mol. The average molecular weight is 387 g/mol. The van der Waals surface area contributed by atoms with Crippen molar-refractivity contribution in [2.24, 2.45) is 5.92 Å². The predicted molar refractivity (Wildman–Crippen MR) is 103 cm³/mol. The number of thiazole rings is 1. The van der Waals surface area contributed by atoms with E-state index in [1.54, 1.807) is 18.7 Å². The molecule has 1 fully saturated rings. The van der Waals surface area contributed by atoms with Gasteiger partial charge in [-0.05, 0) is 32.9 Å². The molecule has 2 aromatic rings. The van der Waals surface area contributed by atoms with Crippen LogP contribution in [0.1, 0.15) is 34.3 Å². The number of benzene rings is 1. The fourth-order valence-corrected chi connectivity index (χ4v) is 3.76. The van der Waals surface area contributed by atoms with Crippen LogP contribution in [0.2, 0.25) is 0 Å². The van der Waals surface area contributed by atoms with Gasteiger partial charge in [-0.2, -0.15) is 0 Å². The molecule has 2 heterocycles. The van der Waals surface area contributed by atoms with E-state index in [2.05, 4.69) is 10.3 Å². The lowest BCUT2D eigenvalue weighted by atomic mass is 10.1. The highest BCUT2D eigenvalue weighted by molar-refractivity contribution is 7.17. The lowest BCUT2D eigenvalue weighted by Gasteiger charge is -2.16. The summed E-state index contributed by atoms with van der Waals surface area (Å²) in [5.74, 6) is -1.27. The molecule has 0 unspecified atom stereocenters. The monoisotopic (exact) mass is 387 g/mol. The molecule has 0 aliphatic carbocycles. The molecule has 142 valence electrons. The first-order chi connectivity index (χ1) is 12.9. The van der Waals surface area contributed by atoms with Crippen molar-refractivity contribution < 1.29 is 19.1 Å². The molecule has 0 bridgehead atoms. The zero-order valence-corrected chi connectivity index (χ0v) is 16.3. The lowest BCUT2D eigenvalue weighted by Crippen LogP contribution is -2.28. The molecule has 0 radical (unpaired) electrons. The largest absolute Gasteiger partial charge is 0.462 e. The molecule has 1 aromatic heterocycles. The number of ether oxygens (including phenoxy) is 1. The van der Waals surface area contributed by atoms with Gasteiger partial charge in [0.2, 0.25) is 11.8 Å². The van der Waals surface area contributed by atoms with E-state index in [0.29, 0.717) is 22.2 Å². The van der Waals surface area contributed by atoms with Crippen LogP contribution in [-0.2, 0) is 14.3 Å². The van der Waals surface area contributed by atoms with Crippen LogP contribution in [-0.4, -0.2) is 35.9 Å². The number of aryl methyl sites for hydroxylation is 2. The average Bonchev–Trinajstić information content (AvgIpc) is 3.19. The van der Waals surface area contributed by atoms with E-state index < -0.39 is 11.9 Å². The van der Waals surface area contributed by atoms with Gasteiger partial charge in [0.25, 0.3) is 0 Å². The molecule has 1 aliphatic rings. The highest BCUT2D eigenvalue weighted by Crippen LogP contribution is 2.28. The smallest absolute Gasteiger partial charge is 0.350 e. The first-order valence-corrected chi connectivity index (χ1v) is 9.53. The van der Waals surface area contributed by atoms with Crippen molar-refractivity contribution in [2.75, 3.05) is 23.4 Å². The molecule has 2 amide bonds. The maximum Gasteiger partial charge on any atom is 0.350 e. The third kappa shape index (κ3) is 4.16. The number of carbonyl (C=O) groups excluding carboxylic acids is 3. The second-order valence-corrected chi connectivity index (χ2v) is 7.38. The van der Waals surface area contributed by atoms with Gasteiger partial charge in [-0.25, -0.2) is 9.78 Å². The van der Waals surface area contributed by atoms with Crippen molar-refractivity contribution in [3.63, 3.8) is 0 Å². The Morgan fingerprint density at radius 2 is 2.00 bits per heavy atom.